The van der Waals surface area contributed by atoms with Gasteiger partial charge in [-0.2, -0.15) is 0 Å². The van der Waals surface area contributed by atoms with Crippen LogP contribution in [0.2, 0.25) is 0 Å². The molecule has 1 atom stereocenters. The molecular formula is C26H25NO6S. The minimum absolute atomic E-state index is 0.141. The number of methoxy groups -OCH3 is 3. The second-order valence-corrected chi connectivity index (χ2v) is 8.51. The fraction of sp³-hybridized carbons (Fsp3) is 0.231. The first-order valence-corrected chi connectivity index (χ1v) is 11.6. The zero-order valence-electron chi connectivity index (χ0n) is 19.1. The Morgan fingerprint density at radius 1 is 0.882 bits per heavy atom. The maximum absolute atomic E-state index is 13.4. The topological polar surface area (TPSA) is 74.3 Å². The molecule has 1 aliphatic heterocycles. The van der Waals surface area contributed by atoms with Crippen LogP contribution in [-0.2, 0) is 9.53 Å². The van der Waals surface area contributed by atoms with E-state index in [1.165, 1.54) is 27.4 Å². The molecule has 176 valence electrons. The van der Waals surface area contributed by atoms with E-state index in [1.807, 2.05) is 54.6 Å². The van der Waals surface area contributed by atoms with Gasteiger partial charge in [-0.25, -0.2) is 4.79 Å². The summed E-state index contributed by atoms with van der Waals surface area (Å²) in [7, 11) is 4.40. The SMILES string of the molecule is COc1cc(OC)c(C(=O)OCC(=O)N2c3ccccc3SCC2c2ccccc2)cc1OC. The second kappa shape index (κ2) is 10.5. The molecule has 0 aromatic heterocycles. The number of benzene rings is 3. The Labute approximate surface area is 202 Å². The third-order valence-electron chi connectivity index (χ3n) is 5.54. The summed E-state index contributed by atoms with van der Waals surface area (Å²) in [6, 6.07) is 20.4. The third-order valence-corrected chi connectivity index (χ3v) is 6.68. The molecule has 0 radical (unpaired) electrons. The summed E-state index contributed by atoms with van der Waals surface area (Å²) in [5.74, 6) is 0.728. The van der Waals surface area contributed by atoms with Crippen LogP contribution in [0.3, 0.4) is 0 Å². The first-order chi connectivity index (χ1) is 16.6. The number of ether oxygens (including phenoxy) is 4. The van der Waals surface area contributed by atoms with E-state index >= 15 is 0 Å². The van der Waals surface area contributed by atoms with Crippen LogP contribution in [0.15, 0.2) is 71.6 Å². The molecule has 4 rings (SSSR count). The van der Waals surface area contributed by atoms with Crippen LogP contribution in [0.25, 0.3) is 0 Å². The van der Waals surface area contributed by atoms with Crippen molar-refractivity contribution in [2.75, 3.05) is 38.6 Å². The lowest BCUT2D eigenvalue weighted by atomic mass is 10.1. The first kappa shape index (κ1) is 23.5. The monoisotopic (exact) mass is 479 g/mol. The van der Waals surface area contributed by atoms with E-state index in [0.29, 0.717) is 17.3 Å². The standard InChI is InChI=1S/C26H25NO6S/c1-30-21-14-23(32-3)22(31-2)13-18(21)26(29)33-15-25(28)27-19-11-7-8-12-24(19)34-16-20(27)17-9-5-4-6-10-17/h4-14,20H,15-16H2,1-3H3. The van der Waals surface area contributed by atoms with Crippen molar-refractivity contribution in [1.29, 1.82) is 0 Å². The van der Waals surface area contributed by atoms with Gasteiger partial charge in [0, 0.05) is 22.8 Å². The molecule has 8 heteroatoms. The van der Waals surface area contributed by atoms with Crippen LogP contribution in [-0.4, -0.2) is 45.6 Å². The number of carbonyl (C=O) groups is 2. The normalized spacial score (nSPS) is 14.7. The molecule has 3 aromatic carbocycles. The predicted octanol–water partition coefficient (Wildman–Crippen LogP) is 4.75. The molecule has 0 bridgehead atoms. The van der Waals surface area contributed by atoms with Crippen LogP contribution in [0.5, 0.6) is 17.2 Å². The van der Waals surface area contributed by atoms with Gasteiger partial charge < -0.3 is 18.9 Å². The minimum atomic E-state index is -0.693. The number of fused-ring (bicyclic) bond motifs is 1. The number of thioether (sulfide) groups is 1. The first-order valence-electron chi connectivity index (χ1n) is 10.6. The van der Waals surface area contributed by atoms with Gasteiger partial charge in [-0.15, -0.1) is 11.8 Å². The summed E-state index contributed by atoms with van der Waals surface area (Å²) in [4.78, 5) is 29.1. The number of para-hydroxylation sites is 1. The van der Waals surface area contributed by atoms with E-state index in [2.05, 4.69) is 0 Å². The zero-order chi connectivity index (χ0) is 24.1. The highest BCUT2D eigenvalue weighted by atomic mass is 32.2. The number of hydrogen-bond acceptors (Lipinski definition) is 7. The summed E-state index contributed by atoms with van der Waals surface area (Å²) < 4.78 is 21.3. The smallest absolute Gasteiger partial charge is 0.342 e. The number of rotatable bonds is 7. The molecule has 1 unspecified atom stereocenters. The molecule has 0 N–H and O–H groups in total. The Hall–Kier alpha value is -3.65. The van der Waals surface area contributed by atoms with Gasteiger partial charge in [0.15, 0.2) is 18.1 Å². The van der Waals surface area contributed by atoms with E-state index in [1.54, 1.807) is 22.7 Å². The van der Waals surface area contributed by atoms with Gasteiger partial charge in [0.1, 0.15) is 11.3 Å². The Morgan fingerprint density at radius 2 is 1.53 bits per heavy atom. The molecule has 7 nitrogen and oxygen atoms in total. The lowest BCUT2D eigenvalue weighted by molar-refractivity contribution is -0.122. The Bertz CT molecular complexity index is 1180. The average Bonchev–Trinajstić information content (AvgIpc) is 2.90. The lowest BCUT2D eigenvalue weighted by Crippen LogP contribution is -2.41. The van der Waals surface area contributed by atoms with Crippen molar-refractivity contribution < 1.29 is 28.5 Å². The molecule has 1 heterocycles. The quantitative estimate of drug-likeness (QED) is 0.453. The maximum Gasteiger partial charge on any atom is 0.342 e. The molecule has 0 aliphatic carbocycles. The van der Waals surface area contributed by atoms with Crippen molar-refractivity contribution in [3.05, 3.63) is 77.9 Å². The second-order valence-electron chi connectivity index (χ2n) is 7.45. The summed E-state index contributed by atoms with van der Waals surface area (Å²) in [6.45, 7) is -0.418. The molecule has 3 aromatic rings. The minimum Gasteiger partial charge on any atom is -0.496 e. The molecule has 0 saturated heterocycles. The average molecular weight is 480 g/mol. The van der Waals surface area contributed by atoms with Crippen LogP contribution in [0.1, 0.15) is 22.0 Å². The van der Waals surface area contributed by atoms with E-state index in [4.69, 9.17) is 18.9 Å². The lowest BCUT2D eigenvalue weighted by Gasteiger charge is -2.37. The highest BCUT2D eigenvalue weighted by molar-refractivity contribution is 7.99. The van der Waals surface area contributed by atoms with Gasteiger partial charge in [-0.05, 0) is 17.7 Å². The number of esters is 1. The van der Waals surface area contributed by atoms with Crippen molar-refractivity contribution in [2.45, 2.75) is 10.9 Å². The molecule has 0 fully saturated rings. The maximum atomic E-state index is 13.4. The fourth-order valence-corrected chi connectivity index (χ4v) is 5.05. The highest BCUT2D eigenvalue weighted by Gasteiger charge is 2.33. The van der Waals surface area contributed by atoms with Crippen molar-refractivity contribution in [1.82, 2.24) is 0 Å². The van der Waals surface area contributed by atoms with Crippen molar-refractivity contribution >= 4 is 29.3 Å². The molecule has 0 saturated carbocycles. The molecule has 1 aliphatic rings. The predicted molar refractivity (Wildman–Crippen MR) is 130 cm³/mol. The van der Waals surface area contributed by atoms with Crippen LogP contribution >= 0.6 is 11.8 Å². The summed E-state index contributed by atoms with van der Waals surface area (Å²) in [5, 5.41) is 0. The Morgan fingerprint density at radius 3 is 2.24 bits per heavy atom. The van der Waals surface area contributed by atoms with Gasteiger partial charge in [0.05, 0.1) is 33.1 Å². The van der Waals surface area contributed by atoms with Crippen molar-refractivity contribution in [3.63, 3.8) is 0 Å². The molecule has 34 heavy (non-hydrogen) atoms. The fourth-order valence-electron chi connectivity index (χ4n) is 3.88. The number of nitrogens with zero attached hydrogens (tertiary/aromatic N) is 1. The van der Waals surface area contributed by atoms with Gasteiger partial charge in [-0.1, -0.05) is 42.5 Å². The molecule has 0 spiro atoms. The largest absolute Gasteiger partial charge is 0.496 e. The number of anilines is 1. The van der Waals surface area contributed by atoms with Crippen LogP contribution in [0.4, 0.5) is 5.69 Å². The number of carbonyl (C=O) groups excluding carboxylic acids is 2. The van der Waals surface area contributed by atoms with Gasteiger partial charge in [0.25, 0.3) is 5.91 Å². The number of amides is 1. The zero-order valence-corrected chi connectivity index (χ0v) is 20.0. The third kappa shape index (κ3) is 4.68. The van der Waals surface area contributed by atoms with Crippen molar-refractivity contribution in [3.8, 4) is 17.2 Å². The summed E-state index contributed by atoms with van der Waals surface area (Å²) in [5.41, 5.74) is 1.96. The molecule has 1 amide bonds. The van der Waals surface area contributed by atoms with Gasteiger partial charge in [0.2, 0.25) is 0 Å². The van der Waals surface area contributed by atoms with Crippen LogP contribution in [0, 0.1) is 0 Å². The molecular weight excluding hydrogens is 454 g/mol. The van der Waals surface area contributed by atoms with Gasteiger partial charge in [-0.3, -0.25) is 9.69 Å². The number of hydrogen-bond donors (Lipinski definition) is 0. The van der Waals surface area contributed by atoms with Crippen LogP contribution < -0.4 is 19.1 Å². The van der Waals surface area contributed by atoms with E-state index < -0.39 is 12.6 Å². The van der Waals surface area contributed by atoms with Crippen molar-refractivity contribution in [2.24, 2.45) is 0 Å². The Kier molecular flexibility index (Phi) is 7.27. The van der Waals surface area contributed by atoms with E-state index in [0.717, 1.165) is 16.1 Å². The Balaban J connectivity index is 1.58. The van der Waals surface area contributed by atoms with E-state index in [9.17, 15) is 9.59 Å². The summed E-state index contributed by atoms with van der Waals surface area (Å²) >= 11 is 1.70. The van der Waals surface area contributed by atoms with Gasteiger partial charge >= 0.3 is 5.97 Å². The highest BCUT2D eigenvalue weighted by Crippen LogP contribution is 2.43. The summed E-state index contributed by atoms with van der Waals surface area (Å²) in [6.07, 6.45) is 0. The van der Waals surface area contributed by atoms with E-state index in [-0.39, 0.29) is 23.3 Å².